The molecule has 0 unspecified atom stereocenters. The van der Waals surface area contributed by atoms with Crippen LogP contribution in [0.1, 0.15) is 29.5 Å². The molecule has 5 rings (SSSR count). The molecule has 0 saturated heterocycles. The molecule has 4 aromatic rings. The van der Waals surface area contributed by atoms with Crippen molar-refractivity contribution in [2.45, 2.75) is 24.8 Å². The Hall–Kier alpha value is -3.35. The first-order chi connectivity index (χ1) is 13.6. The van der Waals surface area contributed by atoms with E-state index in [1.54, 1.807) is 24.5 Å². The Morgan fingerprint density at radius 2 is 1.71 bits per heavy atom. The number of halogens is 2. The van der Waals surface area contributed by atoms with Crippen molar-refractivity contribution in [3.8, 4) is 0 Å². The molecule has 0 atom stereocenters. The molecular weight excluding hydrogens is 360 g/mol. The minimum absolute atomic E-state index is 0.213. The number of anilines is 1. The lowest BCUT2D eigenvalue weighted by Gasteiger charge is -2.18. The van der Waals surface area contributed by atoms with E-state index in [2.05, 4.69) is 25.3 Å². The lowest BCUT2D eigenvalue weighted by atomic mass is 10.1. The van der Waals surface area contributed by atoms with Crippen LogP contribution in [0.5, 0.6) is 0 Å². The number of rotatable bonds is 5. The third-order valence-electron chi connectivity index (χ3n) is 5.18. The highest BCUT2D eigenvalue weighted by Crippen LogP contribution is 2.47. The van der Waals surface area contributed by atoms with Crippen molar-refractivity contribution in [3.05, 3.63) is 83.4 Å². The highest BCUT2D eigenvalue weighted by atomic mass is 19.1. The van der Waals surface area contributed by atoms with Crippen LogP contribution in [0.15, 0.2) is 55.1 Å². The van der Waals surface area contributed by atoms with E-state index in [9.17, 15) is 8.78 Å². The van der Waals surface area contributed by atoms with Crippen molar-refractivity contribution in [1.82, 2.24) is 19.9 Å². The summed E-state index contributed by atoms with van der Waals surface area (Å²) in [6.45, 7) is 0. The van der Waals surface area contributed by atoms with Crippen LogP contribution in [-0.4, -0.2) is 19.9 Å². The average Bonchev–Trinajstić information content (AvgIpc) is 3.38. The van der Waals surface area contributed by atoms with Gasteiger partial charge in [-0.1, -0.05) is 12.1 Å². The van der Waals surface area contributed by atoms with Crippen molar-refractivity contribution in [2.75, 3.05) is 5.32 Å². The number of H-pyrrole nitrogens is 1. The molecule has 7 heteroatoms. The van der Waals surface area contributed by atoms with Crippen LogP contribution < -0.4 is 5.32 Å². The van der Waals surface area contributed by atoms with E-state index in [1.807, 2.05) is 6.20 Å². The van der Waals surface area contributed by atoms with E-state index in [1.165, 1.54) is 24.4 Å². The van der Waals surface area contributed by atoms with E-state index in [0.29, 0.717) is 18.0 Å². The SMILES string of the molecule is Fc1ccc(C2(Nc3ncc(Cc4c[nH]c5ncc(F)cc45)cn3)CC2)cc1. The van der Waals surface area contributed by atoms with Crippen LogP contribution in [-0.2, 0) is 12.0 Å². The van der Waals surface area contributed by atoms with Crippen molar-refractivity contribution in [1.29, 1.82) is 0 Å². The van der Waals surface area contributed by atoms with Gasteiger partial charge in [-0.25, -0.2) is 23.7 Å². The zero-order valence-electron chi connectivity index (χ0n) is 14.9. The fourth-order valence-corrected chi connectivity index (χ4v) is 3.50. The number of hydrogen-bond donors (Lipinski definition) is 2. The minimum Gasteiger partial charge on any atom is -0.346 e. The van der Waals surface area contributed by atoms with Crippen LogP contribution in [0, 0.1) is 11.6 Å². The van der Waals surface area contributed by atoms with E-state index in [0.717, 1.165) is 34.9 Å². The van der Waals surface area contributed by atoms with Crippen LogP contribution >= 0.6 is 0 Å². The Morgan fingerprint density at radius 1 is 0.964 bits per heavy atom. The predicted octanol–water partition coefficient (Wildman–Crippen LogP) is 4.32. The Balaban J connectivity index is 1.33. The normalized spacial score (nSPS) is 14.9. The molecule has 0 aliphatic heterocycles. The van der Waals surface area contributed by atoms with Gasteiger partial charge in [-0.3, -0.25) is 0 Å². The quantitative estimate of drug-likeness (QED) is 0.544. The standard InChI is InChI=1S/C21H17F2N5/c22-16-3-1-15(2-4-16)21(5-6-21)28-20-26-9-13(10-27-20)7-14-11-24-19-18(14)8-17(23)12-25-19/h1-4,8-12H,5-7H2,(H,24,25)(H,26,27,28). The second-order valence-corrected chi connectivity index (χ2v) is 7.17. The lowest BCUT2D eigenvalue weighted by Crippen LogP contribution is -2.20. The molecule has 0 amide bonds. The summed E-state index contributed by atoms with van der Waals surface area (Å²) in [4.78, 5) is 16.0. The highest BCUT2D eigenvalue weighted by molar-refractivity contribution is 5.79. The fourth-order valence-electron chi connectivity index (χ4n) is 3.50. The van der Waals surface area contributed by atoms with Gasteiger partial charge >= 0.3 is 0 Å². The van der Waals surface area contributed by atoms with Gasteiger partial charge in [-0.15, -0.1) is 0 Å². The summed E-state index contributed by atoms with van der Waals surface area (Å²) in [6.07, 6.45) is 9.05. The van der Waals surface area contributed by atoms with Gasteiger partial charge < -0.3 is 10.3 Å². The maximum absolute atomic E-state index is 13.5. The Kier molecular flexibility index (Phi) is 3.82. The number of nitrogens with one attached hydrogen (secondary N) is 2. The Morgan fingerprint density at radius 3 is 2.43 bits per heavy atom. The van der Waals surface area contributed by atoms with Crippen molar-refractivity contribution >= 4 is 17.0 Å². The van der Waals surface area contributed by atoms with Crippen LogP contribution in [0.4, 0.5) is 14.7 Å². The van der Waals surface area contributed by atoms with E-state index < -0.39 is 0 Å². The molecule has 0 bridgehead atoms. The molecule has 140 valence electrons. The topological polar surface area (TPSA) is 66.5 Å². The number of nitrogens with zero attached hydrogens (tertiary/aromatic N) is 3. The van der Waals surface area contributed by atoms with E-state index in [-0.39, 0.29) is 17.2 Å². The third kappa shape index (κ3) is 3.09. The minimum atomic E-state index is -0.361. The number of fused-ring (bicyclic) bond motifs is 1. The molecule has 1 aliphatic rings. The molecule has 2 N–H and O–H groups in total. The number of benzene rings is 1. The lowest BCUT2D eigenvalue weighted by molar-refractivity contribution is 0.624. The van der Waals surface area contributed by atoms with Crippen molar-refractivity contribution in [3.63, 3.8) is 0 Å². The summed E-state index contributed by atoms with van der Waals surface area (Å²) in [6, 6.07) is 8.02. The molecule has 5 nitrogen and oxygen atoms in total. The summed E-state index contributed by atoms with van der Waals surface area (Å²) in [5.41, 5.74) is 3.34. The molecule has 3 heterocycles. The molecule has 1 fully saturated rings. The smallest absolute Gasteiger partial charge is 0.223 e. The van der Waals surface area contributed by atoms with Gasteiger partial charge in [0.1, 0.15) is 17.3 Å². The predicted molar refractivity (Wildman–Crippen MR) is 102 cm³/mol. The Bertz CT molecular complexity index is 1130. The van der Waals surface area contributed by atoms with Crippen molar-refractivity contribution in [2.24, 2.45) is 0 Å². The average molecular weight is 377 g/mol. The van der Waals surface area contributed by atoms with E-state index >= 15 is 0 Å². The van der Waals surface area contributed by atoms with E-state index in [4.69, 9.17) is 0 Å². The van der Waals surface area contributed by atoms with Gasteiger partial charge in [0.25, 0.3) is 0 Å². The molecule has 1 saturated carbocycles. The van der Waals surface area contributed by atoms with Crippen LogP contribution in [0.2, 0.25) is 0 Å². The molecule has 0 radical (unpaired) electrons. The first-order valence-electron chi connectivity index (χ1n) is 9.08. The number of aromatic nitrogens is 4. The monoisotopic (exact) mass is 377 g/mol. The van der Waals surface area contributed by atoms with Gasteiger partial charge in [0.2, 0.25) is 5.95 Å². The van der Waals surface area contributed by atoms with Gasteiger partial charge in [0.05, 0.1) is 11.7 Å². The molecule has 3 aromatic heterocycles. The summed E-state index contributed by atoms with van der Waals surface area (Å²) < 4.78 is 26.7. The molecule has 28 heavy (non-hydrogen) atoms. The second-order valence-electron chi connectivity index (χ2n) is 7.17. The summed E-state index contributed by atoms with van der Waals surface area (Å²) >= 11 is 0. The summed E-state index contributed by atoms with van der Waals surface area (Å²) in [5, 5.41) is 4.14. The first-order valence-corrected chi connectivity index (χ1v) is 9.08. The highest BCUT2D eigenvalue weighted by Gasteiger charge is 2.44. The molecular formula is C21H17F2N5. The molecule has 1 aromatic carbocycles. The van der Waals surface area contributed by atoms with Gasteiger partial charge in [-0.05, 0) is 47.7 Å². The number of pyridine rings is 1. The first kappa shape index (κ1) is 16.8. The van der Waals surface area contributed by atoms with Gasteiger partial charge in [0.15, 0.2) is 0 Å². The maximum Gasteiger partial charge on any atom is 0.223 e. The van der Waals surface area contributed by atoms with Crippen LogP contribution in [0.25, 0.3) is 11.0 Å². The third-order valence-corrected chi connectivity index (χ3v) is 5.18. The number of hydrogen-bond acceptors (Lipinski definition) is 4. The summed E-state index contributed by atoms with van der Waals surface area (Å²) in [5.74, 6) is -0.0654. The Labute approximate surface area is 159 Å². The van der Waals surface area contributed by atoms with Gasteiger partial charge in [0, 0.05) is 30.4 Å². The fraction of sp³-hybridized carbons (Fsp3) is 0.190. The van der Waals surface area contributed by atoms with Crippen LogP contribution in [0.3, 0.4) is 0 Å². The maximum atomic E-state index is 13.5. The van der Waals surface area contributed by atoms with Crippen molar-refractivity contribution < 1.29 is 8.78 Å². The number of aromatic amines is 1. The second kappa shape index (κ2) is 6.37. The largest absolute Gasteiger partial charge is 0.346 e. The summed E-state index contributed by atoms with van der Waals surface area (Å²) in [7, 11) is 0. The van der Waals surface area contributed by atoms with Gasteiger partial charge in [-0.2, -0.15) is 0 Å². The molecule has 0 spiro atoms. The molecule has 1 aliphatic carbocycles. The zero-order chi connectivity index (χ0) is 19.1. The zero-order valence-corrected chi connectivity index (χ0v) is 14.9.